The van der Waals surface area contributed by atoms with Crippen LogP contribution < -0.4 is 5.32 Å². The predicted octanol–water partition coefficient (Wildman–Crippen LogP) is 3.49. The molecule has 0 saturated heterocycles. The molecule has 3 heteroatoms. The summed E-state index contributed by atoms with van der Waals surface area (Å²) in [7, 11) is 0. The Balaban J connectivity index is 1.85. The minimum absolute atomic E-state index is 1.13. The van der Waals surface area contributed by atoms with Gasteiger partial charge in [-0.2, -0.15) is 0 Å². The standard InChI is InChI=1S/C11H18INS/c12-7-2-1-3-8-13-9-6-11-5-4-10-14-11/h4-5,10,13H,1-3,6-9H2. The van der Waals surface area contributed by atoms with E-state index in [1.807, 2.05) is 11.3 Å². The third-order valence-corrected chi connectivity index (χ3v) is 3.81. The molecule has 0 spiro atoms. The Kier molecular flexibility index (Phi) is 7.72. The van der Waals surface area contributed by atoms with Gasteiger partial charge in [-0.1, -0.05) is 35.1 Å². The quantitative estimate of drug-likeness (QED) is 0.439. The molecule has 1 aromatic rings. The molecule has 0 atom stereocenters. The SMILES string of the molecule is ICCCCCNCCc1cccs1. The van der Waals surface area contributed by atoms with Crippen molar-refractivity contribution in [2.75, 3.05) is 17.5 Å². The van der Waals surface area contributed by atoms with Crippen molar-refractivity contribution in [3.05, 3.63) is 22.4 Å². The third kappa shape index (κ3) is 5.98. The van der Waals surface area contributed by atoms with E-state index in [0.717, 1.165) is 6.54 Å². The zero-order chi connectivity index (χ0) is 10.1. The average molecular weight is 323 g/mol. The molecule has 0 fully saturated rings. The molecule has 1 rings (SSSR count). The first-order valence-electron chi connectivity index (χ1n) is 5.22. The highest BCUT2D eigenvalue weighted by Crippen LogP contribution is 2.08. The van der Waals surface area contributed by atoms with Crippen molar-refractivity contribution in [1.29, 1.82) is 0 Å². The maximum Gasteiger partial charge on any atom is 0.00578 e. The van der Waals surface area contributed by atoms with E-state index >= 15 is 0 Å². The third-order valence-electron chi connectivity index (χ3n) is 2.12. The second kappa shape index (κ2) is 8.68. The van der Waals surface area contributed by atoms with E-state index < -0.39 is 0 Å². The van der Waals surface area contributed by atoms with Crippen molar-refractivity contribution in [3.8, 4) is 0 Å². The van der Waals surface area contributed by atoms with Crippen LogP contribution in [0.1, 0.15) is 24.1 Å². The second-order valence-electron chi connectivity index (χ2n) is 3.33. The summed E-state index contributed by atoms with van der Waals surface area (Å²) in [4.78, 5) is 1.49. The Labute approximate surface area is 104 Å². The number of alkyl halides is 1. The second-order valence-corrected chi connectivity index (χ2v) is 5.44. The van der Waals surface area contributed by atoms with Crippen LogP contribution in [0.2, 0.25) is 0 Å². The van der Waals surface area contributed by atoms with Crippen molar-refractivity contribution < 1.29 is 0 Å². The lowest BCUT2D eigenvalue weighted by molar-refractivity contribution is 0.621. The number of nitrogens with one attached hydrogen (secondary N) is 1. The lowest BCUT2D eigenvalue weighted by Gasteiger charge is -2.02. The zero-order valence-corrected chi connectivity index (χ0v) is 11.4. The lowest BCUT2D eigenvalue weighted by atomic mass is 10.2. The fourth-order valence-electron chi connectivity index (χ4n) is 1.31. The van der Waals surface area contributed by atoms with Crippen molar-refractivity contribution in [2.24, 2.45) is 0 Å². The Bertz CT molecular complexity index is 211. The number of hydrogen-bond acceptors (Lipinski definition) is 2. The van der Waals surface area contributed by atoms with E-state index in [9.17, 15) is 0 Å². The van der Waals surface area contributed by atoms with Gasteiger partial charge in [-0.15, -0.1) is 11.3 Å². The Morgan fingerprint density at radius 3 is 2.86 bits per heavy atom. The molecule has 0 aromatic carbocycles. The maximum atomic E-state index is 3.49. The Morgan fingerprint density at radius 2 is 2.14 bits per heavy atom. The van der Waals surface area contributed by atoms with Gasteiger partial charge in [0.2, 0.25) is 0 Å². The lowest BCUT2D eigenvalue weighted by Crippen LogP contribution is -2.18. The zero-order valence-electron chi connectivity index (χ0n) is 8.47. The summed E-state index contributed by atoms with van der Waals surface area (Å²) in [5.41, 5.74) is 0. The van der Waals surface area contributed by atoms with Crippen LogP contribution in [-0.4, -0.2) is 17.5 Å². The van der Waals surface area contributed by atoms with Crippen LogP contribution in [0.25, 0.3) is 0 Å². The van der Waals surface area contributed by atoms with E-state index in [2.05, 4.69) is 45.4 Å². The highest BCUT2D eigenvalue weighted by atomic mass is 127. The molecule has 0 aliphatic carbocycles. The topological polar surface area (TPSA) is 12.0 Å². The van der Waals surface area contributed by atoms with Gasteiger partial charge in [-0.05, 0) is 48.2 Å². The predicted molar refractivity (Wildman–Crippen MR) is 73.6 cm³/mol. The molecule has 0 amide bonds. The number of hydrogen-bond donors (Lipinski definition) is 1. The summed E-state index contributed by atoms with van der Waals surface area (Å²) in [5, 5.41) is 5.64. The van der Waals surface area contributed by atoms with E-state index in [1.165, 1.54) is 41.5 Å². The molecule has 80 valence electrons. The molecule has 1 N–H and O–H groups in total. The Hall–Kier alpha value is 0.390. The minimum atomic E-state index is 1.13. The number of halogens is 1. The molecule has 1 nitrogen and oxygen atoms in total. The van der Waals surface area contributed by atoms with Gasteiger partial charge in [-0.3, -0.25) is 0 Å². The highest BCUT2D eigenvalue weighted by Gasteiger charge is 1.93. The van der Waals surface area contributed by atoms with Crippen LogP contribution in [0, 0.1) is 0 Å². The fraction of sp³-hybridized carbons (Fsp3) is 0.636. The minimum Gasteiger partial charge on any atom is -0.316 e. The molecule has 0 bridgehead atoms. The molecule has 1 heterocycles. The van der Waals surface area contributed by atoms with Crippen LogP contribution in [-0.2, 0) is 6.42 Å². The molecule has 0 saturated carbocycles. The first kappa shape index (κ1) is 12.5. The summed E-state index contributed by atoms with van der Waals surface area (Å²) < 4.78 is 1.30. The van der Waals surface area contributed by atoms with Crippen molar-refractivity contribution in [3.63, 3.8) is 0 Å². The summed E-state index contributed by atoms with van der Waals surface area (Å²) in [5.74, 6) is 0. The molecule has 0 unspecified atom stereocenters. The summed E-state index contributed by atoms with van der Waals surface area (Å²) >= 11 is 4.30. The van der Waals surface area contributed by atoms with Gasteiger partial charge in [0.15, 0.2) is 0 Å². The van der Waals surface area contributed by atoms with Crippen LogP contribution in [0.5, 0.6) is 0 Å². The van der Waals surface area contributed by atoms with E-state index in [-0.39, 0.29) is 0 Å². The molecular weight excluding hydrogens is 305 g/mol. The maximum absolute atomic E-state index is 3.49. The van der Waals surface area contributed by atoms with Gasteiger partial charge in [0.25, 0.3) is 0 Å². The van der Waals surface area contributed by atoms with Gasteiger partial charge < -0.3 is 5.32 Å². The van der Waals surface area contributed by atoms with Crippen molar-refractivity contribution in [2.45, 2.75) is 25.7 Å². The van der Waals surface area contributed by atoms with Crippen LogP contribution in [0.15, 0.2) is 17.5 Å². The Morgan fingerprint density at radius 1 is 1.21 bits per heavy atom. The normalized spacial score (nSPS) is 10.6. The number of rotatable bonds is 8. The van der Waals surface area contributed by atoms with Gasteiger partial charge in [0, 0.05) is 4.88 Å². The smallest absolute Gasteiger partial charge is 0.00578 e. The summed E-state index contributed by atoms with van der Waals surface area (Å²) in [6, 6.07) is 4.34. The summed E-state index contributed by atoms with van der Waals surface area (Å²) in [6.45, 7) is 2.31. The fourth-order valence-corrected chi connectivity index (χ4v) is 2.56. The molecule has 0 radical (unpaired) electrons. The van der Waals surface area contributed by atoms with Crippen LogP contribution in [0.4, 0.5) is 0 Å². The summed E-state index contributed by atoms with van der Waals surface area (Å²) in [6.07, 6.45) is 5.25. The molecule has 0 aliphatic heterocycles. The average Bonchev–Trinajstić information content (AvgIpc) is 2.69. The molecule has 0 aliphatic rings. The van der Waals surface area contributed by atoms with Crippen molar-refractivity contribution >= 4 is 33.9 Å². The first-order valence-corrected chi connectivity index (χ1v) is 7.63. The highest BCUT2D eigenvalue weighted by molar-refractivity contribution is 14.1. The van der Waals surface area contributed by atoms with Gasteiger partial charge in [0.1, 0.15) is 0 Å². The van der Waals surface area contributed by atoms with E-state index in [4.69, 9.17) is 0 Å². The number of thiophene rings is 1. The van der Waals surface area contributed by atoms with E-state index in [0.29, 0.717) is 0 Å². The van der Waals surface area contributed by atoms with Gasteiger partial charge in [-0.25, -0.2) is 0 Å². The van der Waals surface area contributed by atoms with Crippen LogP contribution >= 0.6 is 33.9 Å². The van der Waals surface area contributed by atoms with Gasteiger partial charge in [0.05, 0.1) is 0 Å². The largest absolute Gasteiger partial charge is 0.316 e. The van der Waals surface area contributed by atoms with Crippen LogP contribution in [0.3, 0.4) is 0 Å². The van der Waals surface area contributed by atoms with E-state index in [1.54, 1.807) is 0 Å². The van der Waals surface area contributed by atoms with Crippen molar-refractivity contribution in [1.82, 2.24) is 5.32 Å². The molecule has 1 aromatic heterocycles. The number of unbranched alkanes of at least 4 members (excludes halogenated alkanes) is 2. The molecular formula is C11H18INS. The van der Waals surface area contributed by atoms with Gasteiger partial charge >= 0.3 is 0 Å². The monoisotopic (exact) mass is 323 g/mol. The molecule has 14 heavy (non-hydrogen) atoms. The first-order chi connectivity index (χ1) is 6.93.